The Hall–Kier alpha value is -4.17. The van der Waals surface area contributed by atoms with E-state index in [9.17, 15) is 27.9 Å². The number of ether oxygens (including phenoxy) is 1. The lowest BCUT2D eigenvalue weighted by Gasteiger charge is -2.20. The van der Waals surface area contributed by atoms with Gasteiger partial charge >= 0.3 is 12.3 Å². The van der Waals surface area contributed by atoms with E-state index in [0.29, 0.717) is 16.8 Å². The summed E-state index contributed by atoms with van der Waals surface area (Å²) in [6.45, 7) is -2.22. The minimum absolute atomic E-state index is 0.0868. The second-order valence-electron chi connectivity index (χ2n) is 7.18. The highest BCUT2D eigenvalue weighted by Gasteiger charge is 2.27. The van der Waals surface area contributed by atoms with Crippen LogP contribution >= 0.6 is 0 Å². The molecule has 8 nitrogen and oxygen atoms in total. The van der Waals surface area contributed by atoms with E-state index < -0.39 is 25.5 Å². The van der Waals surface area contributed by atoms with Crippen LogP contribution < -0.4 is 10.3 Å². The van der Waals surface area contributed by atoms with Gasteiger partial charge in [-0.2, -0.15) is 23.5 Å². The Morgan fingerprint density at radius 3 is 2.65 bits per heavy atom. The minimum Gasteiger partial charge on any atom is -0.465 e. The Labute approximate surface area is 192 Å². The van der Waals surface area contributed by atoms with Gasteiger partial charge in [0, 0.05) is 24.4 Å². The first-order valence-corrected chi connectivity index (χ1v) is 9.99. The van der Waals surface area contributed by atoms with Gasteiger partial charge in [0.05, 0.1) is 30.5 Å². The number of alkyl halides is 3. The molecule has 0 aliphatic heterocycles. The van der Waals surface area contributed by atoms with Crippen molar-refractivity contribution < 1.29 is 27.8 Å². The van der Waals surface area contributed by atoms with Gasteiger partial charge in [0.2, 0.25) is 5.43 Å². The number of rotatable bonds is 8. The average molecular weight is 472 g/mol. The fraction of sp³-hybridized carbons (Fsp3) is 0.217. The molecule has 3 aromatic rings. The van der Waals surface area contributed by atoms with Crippen molar-refractivity contribution in [2.75, 3.05) is 24.7 Å². The maximum Gasteiger partial charge on any atom is 0.411 e. The number of nitrogens with zero attached hydrogens (tertiary/aromatic N) is 4. The molecule has 0 atom stereocenters. The smallest absolute Gasteiger partial charge is 0.411 e. The Morgan fingerprint density at radius 1 is 1.18 bits per heavy atom. The third-order valence-electron chi connectivity index (χ3n) is 4.67. The van der Waals surface area contributed by atoms with Crippen LogP contribution in [-0.2, 0) is 11.2 Å². The molecule has 1 N–H and O–H groups in total. The fourth-order valence-corrected chi connectivity index (χ4v) is 3.14. The zero-order valence-electron chi connectivity index (χ0n) is 17.7. The lowest BCUT2D eigenvalue weighted by atomic mass is 10.1. The maximum absolute atomic E-state index is 12.4. The number of hydrogen-bond acceptors (Lipinski definition) is 5. The Kier molecular flexibility index (Phi) is 7.65. The summed E-state index contributed by atoms with van der Waals surface area (Å²) < 4.78 is 42.7. The van der Waals surface area contributed by atoms with Crippen molar-refractivity contribution in [1.29, 1.82) is 5.26 Å². The van der Waals surface area contributed by atoms with Crippen molar-refractivity contribution in [3.63, 3.8) is 0 Å². The standard InChI is InChI=1S/C23H19F3N4O4/c24-23(25,26)15-34-10-9-29(22(32)33)18-5-1-3-16(11-18)13-20-21(31)7-8-30(28-20)19-6-2-4-17(12-19)14-27/h1-8,11-12H,9-10,13,15H2,(H,32,33). The van der Waals surface area contributed by atoms with Gasteiger partial charge in [-0.3, -0.25) is 9.69 Å². The number of nitriles is 1. The number of carbonyl (C=O) groups is 1. The first-order valence-electron chi connectivity index (χ1n) is 9.99. The van der Waals surface area contributed by atoms with Gasteiger partial charge in [0.25, 0.3) is 0 Å². The second kappa shape index (κ2) is 10.6. The predicted octanol–water partition coefficient (Wildman–Crippen LogP) is 3.76. The first kappa shape index (κ1) is 24.5. The van der Waals surface area contributed by atoms with Gasteiger partial charge in [0.1, 0.15) is 12.3 Å². The largest absolute Gasteiger partial charge is 0.465 e. The molecule has 0 bridgehead atoms. The van der Waals surface area contributed by atoms with Crippen molar-refractivity contribution >= 4 is 11.8 Å². The summed E-state index contributed by atoms with van der Waals surface area (Å²) in [5, 5.41) is 22.9. The number of aromatic nitrogens is 2. The molecule has 1 amide bonds. The summed E-state index contributed by atoms with van der Waals surface area (Å²) >= 11 is 0. The molecule has 0 unspecified atom stereocenters. The van der Waals surface area contributed by atoms with E-state index in [2.05, 4.69) is 9.84 Å². The van der Waals surface area contributed by atoms with Gasteiger partial charge in [-0.25, -0.2) is 9.48 Å². The summed E-state index contributed by atoms with van der Waals surface area (Å²) in [5.41, 5.74) is 1.68. The number of benzene rings is 2. The van der Waals surface area contributed by atoms with Crippen LogP contribution in [0.4, 0.5) is 23.7 Å². The molecule has 0 aliphatic carbocycles. The quantitative estimate of drug-likeness (QED) is 0.500. The molecule has 34 heavy (non-hydrogen) atoms. The average Bonchev–Trinajstić information content (AvgIpc) is 2.79. The molecule has 0 spiro atoms. The molecule has 0 saturated heterocycles. The molecule has 0 saturated carbocycles. The van der Waals surface area contributed by atoms with Gasteiger partial charge < -0.3 is 9.84 Å². The Morgan fingerprint density at radius 2 is 1.94 bits per heavy atom. The summed E-state index contributed by atoms with van der Waals surface area (Å²) in [4.78, 5) is 24.9. The summed E-state index contributed by atoms with van der Waals surface area (Å²) in [7, 11) is 0. The highest BCUT2D eigenvalue weighted by molar-refractivity contribution is 5.86. The minimum atomic E-state index is -4.50. The fourth-order valence-electron chi connectivity index (χ4n) is 3.14. The second-order valence-corrected chi connectivity index (χ2v) is 7.18. The highest BCUT2D eigenvalue weighted by atomic mass is 19.4. The van der Waals surface area contributed by atoms with Crippen LogP contribution in [-0.4, -0.2) is 46.9 Å². The molecule has 3 rings (SSSR count). The van der Waals surface area contributed by atoms with Gasteiger partial charge in [-0.1, -0.05) is 18.2 Å². The summed E-state index contributed by atoms with van der Waals surface area (Å²) in [6, 6.07) is 16.3. The van der Waals surface area contributed by atoms with E-state index in [1.54, 1.807) is 36.4 Å². The zero-order valence-corrected chi connectivity index (χ0v) is 17.7. The van der Waals surface area contributed by atoms with E-state index in [0.717, 1.165) is 4.90 Å². The number of hydrogen-bond donors (Lipinski definition) is 1. The van der Waals surface area contributed by atoms with Crippen LogP contribution in [0.2, 0.25) is 0 Å². The number of carboxylic acid groups (broad SMARTS) is 1. The van der Waals surface area contributed by atoms with Crippen LogP contribution in [0.25, 0.3) is 5.69 Å². The molecule has 176 valence electrons. The van der Waals surface area contributed by atoms with Crippen molar-refractivity contribution in [3.05, 3.63) is 87.8 Å². The van der Waals surface area contributed by atoms with Crippen LogP contribution in [0.15, 0.2) is 65.6 Å². The third-order valence-corrected chi connectivity index (χ3v) is 4.67. The number of amides is 1. The maximum atomic E-state index is 12.4. The molecule has 11 heteroatoms. The van der Waals surface area contributed by atoms with Crippen LogP contribution in [0.1, 0.15) is 16.8 Å². The predicted molar refractivity (Wildman–Crippen MR) is 116 cm³/mol. The van der Waals surface area contributed by atoms with Crippen LogP contribution in [0.5, 0.6) is 0 Å². The first-order chi connectivity index (χ1) is 16.2. The van der Waals surface area contributed by atoms with Crippen LogP contribution in [0, 0.1) is 11.3 Å². The highest BCUT2D eigenvalue weighted by Crippen LogP contribution is 2.19. The van der Waals surface area contributed by atoms with Crippen molar-refractivity contribution in [3.8, 4) is 11.8 Å². The Bertz CT molecular complexity index is 1270. The molecular formula is C23H19F3N4O4. The van der Waals surface area contributed by atoms with E-state index >= 15 is 0 Å². The van der Waals surface area contributed by atoms with Gasteiger partial charge in [-0.05, 0) is 35.9 Å². The van der Waals surface area contributed by atoms with Crippen LogP contribution in [0.3, 0.4) is 0 Å². The number of halogens is 3. The topological polar surface area (TPSA) is 108 Å². The molecule has 0 radical (unpaired) electrons. The summed E-state index contributed by atoms with van der Waals surface area (Å²) in [5.74, 6) is 0. The van der Waals surface area contributed by atoms with E-state index in [1.807, 2.05) is 6.07 Å². The molecule has 0 aliphatic rings. The van der Waals surface area contributed by atoms with Crippen molar-refractivity contribution in [2.45, 2.75) is 12.6 Å². The van der Waals surface area contributed by atoms with Gasteiger partial charge in [-0.15, -0.1) is 0 Å². The zero-order chi connectivity index (χ0) is 24.7. The summed E-state index contributed by atoms with van der Waals surface area (Å²) in [6.07, 6.45) is -4.29. The van der Waals surface area contributed by atoms with E-state index in [1.165, 1.54) is 29.1 Å². The van der Waals surface area contributed by atoms with E-state index in [4.69, 9.17) is 5.26 Å². The normalized spacial score (nSPS) is 11.1. The SMILES string of the molecule is N#Cc1cccc(-n2ccc(=O)c(Cc3cccc(N(CCOCC(F)(F)F)C(=O)O)c3)n2)c1. The monoisotopic (exact) mass is 472 g/mol. The molecule has 2 aromatic carbocycles. The third kappa shape index (κ3) is 6.66. The lowest BCUT2D eigenvalue weighted by Crippen LogP contribution is -2.33. The Balaban J connectivity index is 1.79. The molecule has 1 aromatic heterocycles. The molecule has 1 heterocycles. The molecular weight excluding hydrogens is 453 g/mol. The lowest BCUT2D eigenvalue weighted by molar-refractivity contribution is -0.173. The van der Waals surface area contributed by atoms with Crippen molar-refractivity contribution in [1.82, 2.24) is 9.78 Å². The van der Waals surface area contributed by atoms with E-state index in [-0.39, 0.29) is 29.8 Å². The molecule has 0 fully saturated rings. The number of anilines is 1. The van der Waals surface area contributed by atoms with Crippen molar-refractivity contribution in [2.24, 2.45) is 0 Å². The van der Waals surface area contributed by atoms with Gasteiger partial charge in [0.15, 0.2) is 0 Å².